The van der Waals surface area contributed by atoms with Gasteiger partial charge in [-0.15, -0.1) is 0 Å². The molecule has 1 fully saturated rings. The van der Waals surface area contributed by atoms with Crippen molar-refractivity contribution < 1.29 is 9.59 Å². The fraction of sp³-hybridized carbons (Fsp3) is 0.333. The van der Waals surface area contributed by atoms with Crippen molar-refractivity contribution in [2.75, 3.05) is 18.4 Å². The van der Waals surface area contributed by atoms with E-state index in [-0.39, 0.29) is 18.0 Å². The van der Waals surface area contributed by atoms with Gasteiger partial charge in [-0.05, 0) is 62.1 Å². The molecule has 2 N–H and O–H groups in total. The number of rotatable bonds is 4. The van der Waals surface area contributed by atoms with Crippen LogP contribution < -0.4 is 10.6 Å². The summed E-state index contributed by atoms with van der Waals surface area (Å²) in [7, 11) is 0. The summed E-state index contributed by atoms with van der Waals surface area (Å²) in [5.41, 5.74) is 2.22. The Bertz CT molecular complexity index is 819. The summed E-state index contributed by atoms with van der Waals surface area (Å²) in [4.78, 5) is 26.8. The quantitative estimate of drug-likeness (QED) is 0.721. The van der Waals surface area contributed by atoms with Gasteiger partial charge in [0.1, 0.15) is 0 Å². The molecule has 1 saturated heterocycles. The first-order valence-corrected chi connectivity index (χ1v) is 10.0. The SMILES string of the molecule is CC(NC(=O)Nc1cccc(C(=O)N2CCCCC2)c1)c1cccc(Br)c1. The maximum atomic E-state index is 12.6. The summed E-state index contributed by atoms with van der Waals surface area (Å²) in [6.45, 7) is 3.54. The topological polar surface area (TPSA) is 61.4 Å². The van der Waals surface area contributed by atoms with Crippen molar-refractivity contribution in [1.29, 1.82) is 0 Å². The Hall–Kier alpha value is -2.34. The normalized spacial score (nSPS) is 15.1. The molecule has 1 heterocycles. The summed E-state index contributed by atoms with van der Waals surface area (Å²) in [6.07, 6.45) is 3.29. The zero-order chi connectivity index (χ0) is 19.2. The van der Waals surface area contributed by atoms with Crippen molar-refractivity contribution in [3.63, 3.8) is 0 Å². The molecular formula is C21H24BrN3O2. The van der Waals surface area contributed by atoms with E-state index >= 15 is 0 Å². The Morgan fingerprint density at radius 2 is 1.78 bits per heavy atom. The molecule has 142 valence electrons. The standard InChI is InChI=1S/C21H24BrN3O2/c1-15(16-7-5-9-18(22)13-16)23-21(27)24-19-10-6-8-17(14-19)20(26)25-11-3-2-4-12-25/h5-10,13-15H,2-4,11-12H2,1H3,(H2,23,24,27). The third-order valence-corrected chi connectivity index (χ3v) is 5.20. The lowest BCUT2D eigenvalue weighted by molar-refractivity contribution is 0.0724. The van der Waals surface area contributed by atoms with Crippen molar-refractivity contribution in [3.05, 3.63) is 64.1 Å². The maximum Gasteiger partial charge on any atom is 0.319 e. The van der Waals surface area contributed by atoms with E-state index in [1.807, 2.05) is 36.1 Å². The lowest BCUT2D eigenvalue weighted by Gasteiger charge is -2.26. The molecule has 0 radical (unpaired) electrons. The fourth-order valence-corrected chi connectivity index (χ4v) is 3.65. The minimum atomic E-state index is -0.301. The largest absolute Gasteiger partial charge is 0.339 e. The molecule has 1 atom stereocenters. The van der Waals surface area contributed by atoms with E-state index in [0.717, 1.165) is 36.0 Å². The third kappa shape index (κ3) is 5.32. The molecule has 1 unspecified atom stereocenters. The van der Waals surface area contributed by atoms with Crippen LogP contribution in [0.5, 0.6) is 0 Å². The number of hydrogen-bond acceptors (Lipinski definition) is 2. The Labute approximate surface area is 168 Å². The zero-order valence-electron chi connectivity index (χ0n) is 15.4. The van der Waals surface area contributed by atoms with Crippen LogP contribution in [-0.2, 0) is 0 Å². The summed E-state index contributed by atoms with van der Waals surface area (Å²) < 4.78 is 0.970. The second-order valence-corrected chi connectivity index (χ2v) is 7.72. The van der Waals surface area contributed by atoms with Gasteiger partial charge in [-0.2, -0.15) is 0 Å². The van der Waals surface area contributed by atoms with Crippen molar-refractivity contribution in [2.24, 2.45) is 0 Å². The number of amides is 3. The van der Waals surface area contributed by atoms with Crippen LogP contribution in [0.15, 0.2) is 53.0 Å². The van der Waals surface area contributed by atoms with Crippen LogP contribution in [0.4, 0.5) is 10.5 Å². The molecule has 0 aromatic heterocycles. The van der Waals surface area contributed by atoms with Crippen molar-refractivity contribution in [3.8, 4) is 0 Å². The average Bonchev–Trinajstić information content (AvgIpc) is 2.68. The molecule has 0 spiro atoms. The minimum absolute atomic E-state index is 0.0289. The molecule has 0 aliphatic carbocycles. The molecule has 1 aliphatic heterocycles. The van der Waals surface area contributed by atoms with Gasteiger partial charge in [0, 0.05) is 28.8 Å². The van der Waals surface area contributed by atoms with E-state index in [1.165, 1.54) is 6.42 Å². The number of urea groups is 1. The number of likely N-dealkylation sites (tertiary alicyclic amines) is 1. The summed E-state index contributed by atoms with van der Waals surface area (Å²) in [6, 6.07) is 14.5. The number of halogens is 1. The minimum Gasteiger partial charge on any atom is -0.339 e. The van der Waals surface area contributed by atoms with Crippen LogP contribution >= 0.6 is 15.9 Å². The van der Waals surface area contributed by atoms with Gasteiger partial charge in [-0.3, -0.25) is 4.79 Å². The van der Waals surface area contributed by atoms with Gasteiger partial charge in [-0.25, -0.2) is 4.79 Å². The predicted octanol–water partition coefficient (Wildman–Crippen LogP) is 4.96. The molecule has 27 heavy (non-hydrogen) atoms. The Balaban J connectivity index is 1.61. The first-order valence-electron chi connectivity index (χ1n) is 9.25. The monoisotopic (exact) mass is 429 g/mol. The van der Waals surface area contributed by atoms with Crippen LogP contribution in [0, 0.1) is 0 Å². The smallest absolute Gasteiger partial charge is 0.319 e. The van der Waals surface area contributed by atoms with Crippen LogP contribution in [0.3, 0.4) is 0 Å². The molecule has 3 rings (SSSR count). The molecule has 0 bridgehead atoms. The number of nitrogens with zero attached hydrogens (tertiary/aromatic N) is 1. The number of piperidine rings is 1. The van der Waals surface area contributed by atoms with Crippen molar-refractivity contribution in [2.45, 2.75) is 32.2 Å². The van der Waals surface area contributed by atoms with Crippen molar-refractivity contribution in [1.82, 2.24) is 10.2 Å². The second kappa shape index (κ2) is 9.04. The zero-order valence-corrected chi connectivity index (χ0v) is 17.0. The maximum absolute atomic E-state index is 12.6. The van der Waals surface area contributed by atoms with Gasteiger partial charge in [-0.1, -0.05) is 34.1 Å². The lowest BCUT2D eigenvalue weighted by Crippen LogP contribution is -2.35. The van der Waals surface area contributed by atoms with Gasteiger partial charge in [0.15, 0.2) is 0 Å². The van der Waals surface area contributed by atoms with E-state index in [9.17, 15) is 9.59 Å². The highest BCUT2D eigenvalue weighted by Gasteiger charge is 2.18. The van der Waals surface area contributed by atoms with Gasteiger partial charge in [0.2, 0.25) is 0 Å². The first kappa shape index (κ1) is 19.4. The molecule has 2 aromatic rings. The Morgan fingerprint density at radius 3 is 2.52 bits per heavy atom. The Morgan fingerprint density at radius 1 is 1.04 bits per heavy atom. The van der Waals surface area contributed by atoms with E-state index in [0.29, 0.717) is 11.3 Å². The van der Waals surface area contributed by atoms with Crippen LogP contribution in [0.1, 0.15) is 48.1 Å². The molecule has 0 saturated carbocycles. The number of hydrogen-bond donors (Lipinski definition) is 2. The highest BCUT2D eigenvalue weighted by Crippen LogP contribution is 2.19. The molecular weight excluding hydrogens is 406 g/mol. The Kier molecular flexibility index (Phi) is 6.50. The first-order chi connectivity index (χ1) is 13.0. The van der Waals surface area contributed by atoms with Crippen molar-refractivity contribution >= 4 is 33.6 Å². The van der Waals surface area contributed by atoms with E-state index in [1.54, 1.807) is 24.3 Å². The highest BCUT2D eigenvalue weighted by molar-refractivity contribution is 9.10. The molecule has 6 heteroatoms. The number of benzene rings is 2. The predicted molar refractivity (Wildman–Crippen MR) is 111 cm³/mol. The van der Waals surface area contributed by atoms with E-state index in [4.69, 9.17) is 0 Å². The van der Waals surface area contributed by atoms with Crippen LogP contribution in [-0.4, -0.2) is 29.9 Å². The molecule has 1 aliphatic rings. The summed E-state index contributed by atoms with van der Waals surface area (Å²) in [5, 5.41) is 5.74. The third-order valence-electron chi connectivity index (χ3n) is 4.71. The average molecular weight is 430 g/mol. The summed E-state index contributed by atoms with van der Waals surface area (Å²) >= 11 is 3.44. The highest BCUT2D eigenvalue weighted by atomic mass is 79.9. The molecule has 2 aromatic carbocycles. The van der Waals surface area contributed by atoms with E-state index in [2.05, 4.69) is 26.6 Å². The lowest BCUT2D eigenvalue weighted by atomic mass is 10.1. The van der Waals surface area contributed by atoms with Crippen LogP contribution in [0.25, 0.3) is 0 Å². The molecule has 3 amide bonds. The number of carbonyl (C=O) groups excluding carboxylic acids is 2. The second-order valence-electron chi connectivity index (χ2n) is 6.81. The number of anilines is 1. The van der Waals surface area contributed by atoms with Gasteiger partial charge < -0.3 is 15.5 Å². The van der Waals surface area contributed by atoms with Crippen LogP contribution in [0.2, 0.25) is 0 Å². The number of carbonyl (C=O) groups is 2. The molecule has 5 nitrogen and oxygen atoms in total. The number of nitrogens with one attached hydrogen (secondary N) is 2. The summed E-state index contributed by atoms with van der Waals surface area (Å²) in [5.74, 6) is 0.0289. The van der Waals surface area contributed by atoms with Gasteiger partial charge in [0.05, 0.1) is 6.04 Å². The van der Waals surface area contributed by atoms with Gasteiger partial charge >= 0.3 is 6.03 Å². The fourth-order valence-electron chi connectivity index (χ4n) is 3.23. The van der Waals surface area contributed by atoms with E-state index < -0.39 is 0 Å². The van der Waals surface area contributed by atoms with Gasteiger partial charge in [0.25, 0.3) is 5.91 Å².